The first-order valence-electron chi connectivity index (χ1n) is 2.11. The molecule has 0 aliphatic carbocycles. The van der Waals surface area contributed by atoms with Gasteiger partial charge in [0.05, 0.1) is 6.67 Å². The van der Waals surface area contributed by atoms with Gasteiger partial charge in [0.2, 0.25) is 0 Å². The smallest absolute Gasteiger partial charge is 0.338 e. The number of carboxylic acid groups (broad SMARTS) is 1. The molecule has 5 heteroatoms. The molecule has 1 atom stereocenters. The highest BCUT2D eigenvalue weighted by atomic mass is 35.5. The molecular weight excluding hydrogens is 153 g/mol. The highest BCUT2D eigenvalue weighted by Gasteiger charge is 2.13. The average molecular weight is 161 g/mol. The van der Waals surface area contributed by atoms with Crippen molar-refractivity contribution >= 4 is 18.4 Å². The molecule has 0 spiro atoms. The predicted molar refractivity (Wildman–Crippen MR) is 30.4 cm³/mol. The van der Waals surface area contributed by atoms with Crippen molar-refractivity contribution in [2.45, 2.75) is 12.6 Å². The first-order chi connectivity index (χ1) is 3.68. The zero-order valence-corrected chi connectivity index (χ0v) is 5.33. The van der Waals surface area contributed by atoms with Crippen LogP contribution in [0.15, 0.2) is 0 Å². The lowest BCUT2D eigenvalue weighted by molar-refractivity contribution is -0.143. The lowest BCUT2D eigenvalue weighted by atomic mass is 10.3. The Morgan fingerprint density at radius 3 is 2.22 bits per heavy atom. The van der Waals surface area contributed by atoms with Gasteiger partial charge in [0.15, 0.2) is 6.17 Å². The molecule has 0 aromatic carbocycles. The Labute approximate surface area is 57.3 Å². The Balaban J connectivity index is 0. The van der Waals surface area contributed by atoms with E-state index >= 15 is 0 Å². The van der Waals surface area contributed by atoms with Crippen LogP contribution in [0.1, 0.15) is 6.42 Å². The van der Waals surface area contributed by atoms with Gasteiger partial charge in [-0.05, 0) is 0 Å². The van der Waals surface area contributed by atoms with Gasteiger partial charge in [0.25, 0.3) is 0 Å². The van der Waals surface area contributed by atoms with Gasteiger partial charge >= 0.3 is 5.97 Å². The van der Waals surface area contributed by atoms with Crippen LogP contribution in [-0.4, -0.2) is 23.9 Å². The lowest BCUT2D eigenvalue weighted by Gasteiger charge is -1.94. The normalized spacial score (nSPS) is 11.8. The number of hydrogen-bond donors (Lipinski definition) is 1. The summed E-state index contributed by atoms with van der Waals surface area (Å²) in [5.74, 6) is -1.59. The maximum atomic E-state index is 11.7. The fourth-order valence-electron chi connectivity index (χ4n) is 0.219. The summed E-state index contributed by atoms with van der Waals surface area (Å²) in [6.45, 7) is -0.923. The molecule has 9 heavy (non-hydrogen) atoms. The minimum Gasteiger partial charge on any atom is -0.479 e. The van der Waals surface area contributed by atoms with Crippen LogP contribution in [0.2, 0.25) is 0 Å². The number of rotatable bonds is 3. The number of halogens is 3. The SMILES string of the molecule is Cl.O=C(O)C(F)CCF. The van der Waals surface area contributed by atoms with Crippen LogP contribution >= 0.6 is 12.4 Å². The van der Waals surface area contributed by atoms with E-state index in [1.54, 1.807) is 0 Å². The van der Waals surface area contributed by atoms with E-state index in [2.05, 4.69) is 0 Å². The van der Waals surface area contributed by atoms with Crippen molar-refractivity contribution in [3.8, 4) is 0 Å². The average Bonchev–Trinajstić information content (AvgIpc) is 1.67. The van der Waals surface area contributed by atoms with Crippen LogP contribution in [0.5, 0.6) is 0 Å². The van der Waals surface area contributed by atoms with Crippen molar-refractivity contribution < 1.29 is 18.7 Å². The second kappa shape index (κ2) is 5.75. The van der Waals surface area contributed by atoms with Gasteiger partial charge in [-0.2, -0.15) is 0 Å². The molecule has 0 aromatic rings. The van der Waals surface area contributed by atoms with E-state index < -0.39 is 25.2 Å². The molecule has 0 aliphatic heterocycles. The molecule has 1 unspecified atom stereocenters. The summed E-state index contributed by atoms with van der Waals surface area (Å²) < 4.78 is 22.8. The van der Waals surface area contributed by atoms with Gasteiger partial charge in [-0.1, -0.05) is 0 Å². The third-order valence-corrected chi connectivity index (χ3v) is 0.631. The molecule has 0 radical (unpaired) electrons. The minimum atomic E-state index is -2.04. The van der Waals surface area contributed by atoms with Crippen LogP contribution in [0.25, 0.3) is 0 Å². The number of carboxylic acids is 1. The maximum absolute atomic E-state index is 11.7. The van der Waals surface area contributed by atoms with Crippen molar-refractivity contribution in [2.75, 3.05) is 6.67 Å². The number of carbonyl (C=O) groups is 1. The number of alkyl halides is 2. The van der Waals surface area contributed by atoms with Crippen LogP contribution in [0.3, 0.4) is 0 Å². The van der Waals surface area contributed by atoms with Crippen LogP contribution in [0, 0.1) is 0 Å². The summed E-state index contributed by atoms with van der Waals surface area (Å²) >= 11 is 0. The van der Waals surface area contributed by atoms with Crippen molar-refractivity contribution in [1.29, 1.82) is 0 Å². The zero-order valence-electron chi connectivity index (χ0n) is 4.51. The van der Waals surface area contributed by atoms with Gasteiger partial charge in [-0.3, -0.25) is 4.39 Å². The van der Waals surface area contributed by atoms with Gasteiger partial charge < -0.3 is 5.11 Å². The molecule has 0 rings (SSSR count). The third kappa shape index (κ3) is 5.49. The topological polar surface area (TPSA) is 37.3 Å². The van der Waals surface area contributed by atoms with E-state index in [0.717, 1.165) is 0 Å². The standard InChI is InChI=1S/C4H6F2O2.ClH/c5-2-1-3(6)4(7)8;/h3H,1-2H2,(H,7,8);1H. The molecular formula is C4H7ClF2O2. The van der Waals surface area contributed by atoms with Crippen molar-refractivity contribution in [2.24, 2.45) is 0 Å². The molecule has 0 aromatic heterocycles. The Morgan fingerprint density at radius 2 is 2.11 bits per heavy atom. The molecule has 0 saturated heterocycles. The summed E-state index contributed by atoms with van der Waals surface area (Å²) in [5.41, 5.74) is 0. The molecule has 0 saturated carbocycles. The van der Waals surface area contributed by atoms with E-state index in [9.17, 15) is 13.6 Å². The largest absolute Gasteiger partial charge is 0.479 e. The summed E-state index contributed by atoms with van der Waals surface area (Å²) in [4.78, 5) is 9.55. The molecule has 0 bridgehead atoms. The zero-order chi connectivity index (χ0) is 6.57. The van der Waals surface area contributed by atoms with E-state index in [1.165, 1.54) is 0 Å². The Morgan fingerprint density at radius 1 is 1.67 bits per heavy atom. The van der Waals surface area contributed by atoms with Crippen molar-refractivity contribution in [3.05, 3.63) is 0 Å². The molecule has 2 nitrogen and oxygen atoms in total. The highest BCUT2D eigenvalue weighted by Crippen LogP contribution is 1.96. The summed E-state index contributed by atoms with van der Waals surface area (Å²) in [7, 11) is 0. The molecule has 56 valence electrons. The van der Waals surface area contributed by atoms with Crippen LogP contribution < -0.4 is 0 Å². The molecule has 0 amide bonds. The molecule has 0 fully saturated rings. The van der Waals surface area contributed by atoms with Gasteiger partial charge in [0.1, 0.15) is 0 Å². The molecule has 1 N–H and O–H groups in total. The van der Waals surface area contributed by atoms with Crippen LogP contribution in [0.4, 0.5) is 8.78 Å². The Kier molecular flexibility index (Phi) is 7.30. The predicted octanol–water partition coefficient (Wildman–Crippen LogP) is 1.19. The summed E-state index contributed by atoms with van der Waals surface area (Å²) in [5, 5.41) is 7.77. The first-order valence-corrected chi connectivity index (χ1v) is 2.11. The third-order valence-electron chi connectivity index (χ3n) is 0.631. The molecule has 0 heterocycles. The van der Waals surface area contributed by atoms with Gasteiger partial charge in [-0.25, -0.2) is 9.18 Å². The second-order valence-corrected chi connectivity index (χ2v) is 1.28. The monoisotopic (exact) mass is 160 g/mol. The fraction of sp³-hybridized carbons (Fsp3) is 0.750. The van der Waals surface area contributed by atoms with Crippen molar-refractivity contribution in [1.82, 2.24) is 0 Å². The van der Waals surface area contributed by atoms with Gasteiger partial charge in [0, 0.05) is 6.42 Å². The van der Waals surface area contributed by atoms with Gasteiger partial charge in [-0.15, -0.1) is 12.4 Å². The van der Waals surface area contributed by atoms with E-state index in [0.29, 0.717) is 0 Å². The Bertz CT molecular complexity index is 88.6. The summed E-state index contributed by atoms with van der Waals surface area (Å²) in [6.07, 6.45) is -2.59. The van der Waals surface area contributed by atoms with E-state index in [-0.39, 0.29) is 12.4 Å². The van der Waals surface area contributed by atoms with Crippen LogP contribution in [-0.2, 0) is 4.79 Å². The first kappa shape index (κ1) is 11.4. The highest BCUT2D eigenvalue weighted by molar-refractivity contribution is 5.85. The number of aliphatic carboxylic acids is 1. The van der Waals surface area contributed by atoms with E-state index in [1.807, 2.05) is 0 Å². The second-order valence-electron chi connectivity index (χ2n) is 1.28. The quantitative estimate of drug-likeness (QED) is 0.674. The van der Waals surface area contributed by atoms with Crippen molar-refractivity contribution in [3.63, 3.8) is 0 Å². The summed E-state index contributed by atoms with van der Waals surface area (Å²) in [6, 6.07) is 0. The maximum Gasteiger partial charge on any atom is 0.338 e. The lowest BCUT2D eigenvalue weighted by Crippen LogP contribution is -2.14. The molecule has 0 aliphatic rings. The number of hydrogen-bond acceptors (Lipinski definition) is 1. The minimum absolute atomic E-state index is 0. The van der Waals surface area contributed by atoms with E-state index in [4.69, 9.17) is 5.11 Å². The fourth-order valence-corrected chi connectivity index (χ4v) is 0.219. The Hall–Kier alpha value is -0.380.